The van der Waals surface area contributed by atoms with Crippen molar-refractivity contribution in [3.8, 4) is 11.4 Å². The van der Waals surface area contributed by atoms with Gasteiger partial charge in [-0.15, -0.1) is 0 Å². The molecule has 3 nitrogen and oxygen atoms in total. The molecule has 2 aromatic carbocycles. The van der Waals surface area contributed by atoms with Crippen molar-refractivity contribution in [2.24, 2.45) is 0 Å². The molecule has 0 N–H and O–H groups in total. The third-order valence-electron chi connectivity index (χ3n) is 5.59. The van der Waals surface area contributed by atoms with Gasteiger partial charge in [-0.2, -0.15) is 13.2 Å². The number of methoxy groups -OCH3 is 1. The predicted octanol–water partition coefficient (Wildman–Crippen LogP) is 6.70. The quantitative estimate of drug-likeness (QED) is 0.397. The number of ether oxygens (including phenoxy) is 1. The number of unbranched alkanes of at least 4 members (excludes halogenated alkanes) is 2. The van der Waals surface area contributed by atoms with Gasteiger partial charge in [-0.25, -0.2) is 0 Å². The zero-order chi connectivity index (χ0) is 22.6. The van der Waals surface area contributed by atoms with Crippen LogP contribution in [0.25, 0.3) is 16.6 Å². The van der Waals surface area contributed by atoms with E-state index in [9.17, 15) is 18.0 Å². The highest BCUT2D eigenvalue weighted by Crippen LogP contribution is 2.32. The lowest BCUT2D eigenvalue weighted by Crippen LogP contribution is -2.25. The Kier molecular flexibility index (Phi) is 7.08. The van der Waals surface area contributed by atoms with E-state index in [0.29, 0.717) is 23.3 Å². The largest absolute Gasteiger partial charge is 0.497 e. The molecule has 3 rings (SSSR count). The number of benzene rings is 2. The van der Waals surface area contributed by atoms with Crippen LogP contribution in [-0.4, -0.2) is 11.7 Å². The molecule has 0 saturated carbocycles. The second-order valence-electron chi connectivity index (χ2n) is 7.74. The van der Waals surface area contributed by atoms with Crippen LogP contribution in [0.1, 0.15) is 56.2 Å². The third-order valence-corrected chi connectivity index (χ3v) is 5.59. The summed E-state index contributed by atoms with van der Waals surface area (Å²) in [4.78, 5) is 13.7. The molecule has 1 heterocycles. The van der Waals surface area contributed by atoms with Gasteiger partial charge in [0.1, 0.15) is 5.75 Å². The molecule has 0 amide bonds. The first kappa shape index (κ1) is 22.9. The highest BCUT2D eigenvalue weighted by molar-refractivity contribution is 5.86. The molecule has 0 radical (unpaired) electrons. The van der Waals surface area contributed by atoms with Gasteiger partial charge in [-0.1, -0.05) is 32.8 Å². The van der Waals surface area contributed by atoms with Crippen LogP contribution in [0.15, 0.2) is 47.3 Å². The number of rotatable bonds is 8. The fraction of sp³-hybridized carbons (Fsp3) is 0.400. The van der Waals surface area contributed by atoms with Crippen LogP contribution < -0.4 is 10.3 Å². The van der Waals surface area contributed by atoms with Crippen LogP contribution in [-0.2, 0) is 19.0 Å². The summed E-state index contributed by atoms with van der Waals surface area (Å²) in [7, 11) is 1.53. The Bertz CT molecular complexity index is 1120. The minimum absolute atomic E-state index is 0.206. The Labute approximate surface area is 180 Å². The first-order valence-corrected chi connectivity index (χ1v) is 10.7. The Morgan fingerprint density at radius 1 is 0.935 bits per heavy atom. The maximum Gasteiger partial charge on any atom is 0.416 e. The summed E-state index contributed by atoms with van der Waals surface area (Å²) >= 11 is 0. The lowest BCUT2D eigenvalue weighted by atomic mass is 9.94. The van der Waals surface area contributed by atoms with Gasteiger partial charge in [-0.05, 0) is 61.6 Å². The van der Waals surface area contributed by atoms with E-state index < -0.39 is 11.7 Å². The number of aryl methyl sites for hydroxylation is 1. The molecule has 0 unspecified atom stereocenters. The monoisotopic (exact) mass is 431 g/mol. The minimum Gasteiger partial charge on any atom is -0.497 e. The fourth-order valence-corrected chi connectivity index (χ4v) is 3.94. The number of pyridine rings is 1. The normalized spacial score (nSPS) is 11.8. The summed E-state index contributed by atoms with van der Waals surface area (Å²) in [5.41, 5.74) is 1.44. The lowest BCUT2D eigenvalue weighted by Gasteiger charge is -2.19. The molecule has 0 spiro atoms. The average molecular weight is 431 g/mol. The molecule has 0 aliphatic carbocycles. The van der Waals surface area contributed by atoms with Crippen molar-refractivity contribution in [3.05, 3.63) is 69.5 Å². The van der Waals surface area contributed by atoms with E-state index >= 15 is 0 Å². The van der Waals surface area contributed by atoms with Gasteiger partial charge in [0.2, 0.25) is 0 Å². The van der Waals surface area contributed by atoms with Gasteiger partial charge in [0.25, 0.3) is 5.56 Å². The Hall–Kier alpha value is -2.76. The third kappa shape index (κ3) is 4.78. The molecular formula is C25H28F3NO2. The predicted molar refractivity (Wildman–Crippen MR) is 118 cm³/mol. The molecule has 1 aromatic heterocycles. The summed E-state index contributed by atoms with van der Waals surface area (Å²) in [5.74, 6) is 0.551. The van der Waals surface area contributed by atoms with Crippen molar-refractivity contribution in [2.75, 3.05) is 7.11 Å². The van der Waals surface area contributed by atoms with Crippen LogP contribution >= 0.6 is 0 Å². The van der Waals surface area contributed by atoms with Gasteiger partial charge in [0.05, 0.1) is 18.2 Å². The smallest absolute Gasteiger partial charge is 0.416 e. The highest BCUT2D eigenvalue weighted by Gasteiger charge is 2.31. The summed E-state index contributed by atoms with van der Waals surface area (Å²) in [6, 6.07) is 10.4. The van der Waals surface area contributed by atoms with Crippen LogP contribution in [0, 0.1) is 0 Å². The number of hydrogen-bond donors (Lipinski definition) is 0. The lowest BCUT2D eigenvalue weighted by molar-refractivity contribution is -0.137. The molecule has 31 heavy (non-hydrogen) atoms. The summed E-state index contributed by atoms with van der Waals surface area (Å²) in [5, 5.41) is 0.886. The second-order valence-corrected chi connectivity index (χ2v) is 7.74. The van der Waals surface area contributed by atoms with E-state index in [0.717, 1.165) is 55.2 Å². The summed E-state index contributed by atoms with van der Waals surface area (Å²) in [6.45, 7) is 4.16. The second kappa shape index (κ2) is 9.58. The minimum atomic E-state index is -4.49. The topological polar surface area (TPSA) is 31.2 Å². The van der Waals surface area contributed by atoms with Crippen molar-refractivity contribution >= 4 is 10.9 Å². The standard InChI is InChI=1S/C25H28F3NO2/c1-4-6-11-20-21-14-13-19(31-3)16-23(21)29(24(30)22(20)12-7-5-2)18-10-8-9-17(15-18)25(26,27)28/h8-10,13-16H,4-7,11-12H2,1-3H3. The van der Waals surface area contributed by atoms with Crippen LogP contribution in [0.3, 0.4) is 0 Å². The van der Waals surface area contributed by atoms with Gasteiger partial charge in [-0.3, -0.25) is 9.36 Å². The Morgan fingerprint density at radius 2 is 1.61 bits per heavy atom. The van der Waals surface area contributed by atoms with Crippen molar-refractivity contribution < 1.29 is 17.9 Å². The maximum atomic E-state index is 13.7. The van der Waals surface area contributed by atoms with Crippen LogP contribution in [0.2, 0.25) is 0 Å². The molecule has 0 aliphatic heterocycles. The van der Waals surface area contributed by atoms with Crippen molar-refractivity contribution in [3.63, 3.8) is 0 Å². The van der Waals surface area contributed by atoms with E-state index in [4.69, 9.17) is 4.74 Å². The number of nitrogens with zero attached hydrogens (tertiary/aromatic N) is 1. The summed E-state index contributed by atoms with van der Waals surface area (Å²) < 4.78 is 46.8. The first-order chi connectivity index (χ1) is 14.8. The van der Waals surface area contributed by atoms with Gasteiger partial charge >= 0.3 is 6.18 Å². The van der Waals surface area contributed by atoms with Crippen molar-refractivity contribution in [1.29, 1.82) is 0 Å². The van der Waals surface area contributed by atoms with Crippen LogP contribution in [0.4, 0.5) is 13.2 Å². The van der Waals surface area contributed by atoms with Gasteiger partial charge < -0.3 is 4.74 Å². The molecule has 166 valence electrons. The van der Waals surface area contributed by atoms with E-state index in [1.807, 2.05) is 12.1 Å². The molecule has 0 saturated heterocycles. The van der Waals surface area contributed by atoms with E-state index in [-0.39, 0.29) is 11.2 Å². The molecular weight excluding hydrogens is 403 g/mol. The maximum absolute atomic E-state index is 13.7. The van der Waals surface area contributed by atoms with Gasteiger partial charge in [0.15, 0.2) is 0 Å². The number of aromatic nitrogens is 1. The SMILES string of the molecule is CCCCc1c(CCCC)c2ccc(OC)cc2n(-c2cccc(C(F)(F)F)c2)c1=O. The summed E-state index contributed by atoms with van der Waals surface area (Å²) in [6.07, 6.45) is 0.579. The molecule has 0 fully saturated rings. The molecule has 6 heteroatoms. The Balaban J connectivity index is 2.39. The zero-order valence-corrected chi connectivity index (χ0v) is 18.2. The molecule has 3 aromatic rings. The number of alkyl halides is 3. The first-order valence-electron chi connectivity index (χ1n) is 10.7. The van der Waals surface area contributed by atoms with Gasteiger partial charge in [0, 0.05) is 22.7 Å². The van der Waals surface area contributed by atoms with Crippen LogP contribution in [0.5, 0.6) is 5.75 Å². The molecule has 0 aliphatic rings. The number of fused-ring (bicyclic) bond motifs is 1. The fourth-order valence-electron chi connectivity index (χ4n) is 3.94. The number of hydrogen-bond acceptors (Lipinski definition) is 2. The Morgan fingerprint density at radius 3 is 2.23 bits per heavy atom. The zero-order valence-electron chi connectivity index (χ0n) is 18.2. The molecule has 0 bridgehead atoms. The molecule has 0 atom stereocenters. The van der Waals surface area contributed by atoms with E-state index in [2.05, 4.69) is 13.8 Å². The van der Waals surface area contributed by atoms with E-state index in [1.165, 1.54) is 17.7 Å². The highest BCUT2D eigenvalue weighted by atomic mass is 19.4. The number of halogens is 3. The average Bonchev–Trinajstić information content (AvgIpc) is 2.75. The van der Waals surface area contributed by atoms with Crippen molar-refractivity contribution in [2.45, 2.75) is 58.5 Å². The van der Waals surface area contributed by atoms with E-state index in [1.54, 1.807) is 12.1 Å². The van der Waals surface area contributed by atoms with Crippen molar-refractivity contribution in [1.82, 2.24) is 4.57 Å².